The van der Waals surface area contributed by atoms with Gasteiger partial charge in [0.2, 0.25) is 11.8 Å². The first-order valence-electron chi connectivity index (χ1n) is 12.1. The topological polar surface area (TPSA) is 109 Å². The van der Waals surface area contributed by atoms with E-state index in [2.05, 4.69) is 30.4 Å². The van der Waals surface area contributed by atoms with Crippen molar-refractivity contribution in [3.05, 3.63) is 34.6 Å². The van der Waals surface area contributed by atoms with Crippen LogP contribution in [0.4, 0.5) is 23.0 Å². The lowest BCUT2D eigenvalue weighted by atomic mass is 10.1. The molecule has 2 unspecified atom stereocenters. The van der Waals surface area contributed by atoms with Crippen molar-refractivity contribution < 1.29 is 19.1 Å². The number of nitrogens with one attached hydrogen (secondary N) is 2. The fourth-order valence-electron chi connectivity index (χ4n) is 4.99. The summed E-state index contributed by atoms with van der Waals surface area (Å²) in [5.41, 5.74) is 1.78. The number of nitrogens with zero attached hydrogens (tertiary/aromatic N) is 4. The summed E-state index contributed by atoms with van der Waals surface area (Å²) in [7, 11) is 0. The van der Waals surface area contributed by atoms with E-state index in [1.165, 1.54) is 0 Å². The monoisotopic (exact) mass is 534 g/mol. The number of ether oxygens (including phenoxy) is 2. The molecule has 0 bridgehead atoms. The van der Waals surface area contributed by atoms with Gasteiger partial charge in [-0.25, -0.2) is 9.97 Å². The molecule has 0 saturated carbocycles. The van der Waals surface area contributed by atoms with Crippen molar-refractivity contribution in [2.75, 3.05) is 60.0 Å². The van der Waals surface area contributed by atoms with Gasteiger partial charge in [0, 0.05) is 63.6 Å². The average molecular weight is 535 g/mol. The van der Waals surface area contributed by atoms with Crippen LogP contribution in [0.1, 0.15) is 25.7 Å². The number of hydrogen-bond donors (Lipinski definition) is 2. The van der Waals surface area contributed by atoms with E-state index in [0.29, 0.717) is 61.0 Å². The van der Waals surface area contributed by atoms with Gasteiger partial charge in [-0.2, -0.15) is 0 Å². The van der Waals surface area contributed by atoms with Gasteiger partial charge in [0.15, 0.2) is 11.6 Å². The Morgan fingerprint density at radius 1 is 0.750 bits per heavy atom. The Hall–Kier alpha value is -2.66. The van der Waals surface area contributed by atoms with Gasteiger partial charge in [0.1, 0.15) is 0 Å². The average Bonchev–Trinajstić information content (AvgIpc) is 3.30. The van der Waals surface area contributed by atoms with Crippen molar-refractivity contribution in [1.82, 2.24) is 9.97 Å². The molecule has 2 amide bonds. The fraction of sp³-hybridized carbons (Fsp3) is 0.500. The van der Waals surface area contributed by atoms with Gasteiger partial charge < -0.3 is 29.9 Å². The number of rotatable bonds is 0. The summed E-state index contributed by atoms with van der Waals surface area (Å²) in [6.45, 7) is 4.23. The molecule has 6 heterocycles. The molecule has 2 fully saturated rings. The number of pyridine rings is 2. The number of hydrogen-bond acceptors (Lipinski definition) is 8. The van der Waals surface area contributed by atoms with Crippen molar-refractivity contribution in [1.29, 1.82) is 0 Å². The molecule has 0 aromatic carbocycles. The summed E-state index contributed by atoms with van der Waals surface area (Å²) in [4.78, 5) is 36.5. The zero-order valence-corrected chi connectivity index (χ0v) is 21.2. The molecule has 2 saturated heterocycles. The summed E-state index contributed by atoms with van der Waals surface area (Å²) in [6.07, 6.45) is 5.73. The minimum absolute atomic E-state index is 0.000437. The fourth-order valence-corrected chi connectivity index (χ4v) is 5.29. The smallest absolute Gasteiger partial charge is 0.227 e. The number of halogens is 2. The molecule has 12 heteroatoms. The molecule has 4 aliphatic rings. The third-order valence-corrected chi connectivity index (χ3v) is 7.08. The third-order valence-electron chi connectivity index (χ3n) is 6.67. The van der Waals surface area contributed by atoms with Crippen LogP contribution in [0, 0.1) is 0 Å². The second-order valence-electron chi connectivity index (χ2n) is 9.04. The van der Waals surface area contributed by atoms with E-state index in [-0.39, 0.29) is 23.9 Å². The van der Waals surface area contributed by atoms with E-state index in [4.69, 9.17) is 32.7 Å². The highest BCUT2D eigenvalue weighted by molar-refractivity contribution is 6.31. The van der Waals surface area contributed by atoms with Gasteiger partial charge >= 0.3 is 0 Å². The Morgan fingerprint density at radius 2 is 1.19 bits per heavy atom. The van der Waals surface area contributed by atoms with Crippen LogP contribution < -0.4 is 20.4 Å². The lowest BCUT2D eigenvalue weighted by Crippen LogP contribution is -2.36. The zero-order valence-electron chi connectivity index (χ0n) is 19.7. The van der Waals surface area contributed by atoms with E-state index >= 15 is 0 Å². The van der Waals surface area contributed by atoms with Crippen molar-refractivity contribution in [3.63, 3.8) is 0 Å². The highest BCUT2D eigenvalue weighted by Gasteiger charge is 2.31. The predicted molar refractivity (Wildman–Crippen MR) is 138 cm³/mol. The Labute approximate surface area is 219 Å². The molecular formula is C24H28Cl2N6O4. The van der Waals surface area contributed by atoms with Gasteiger partial charge in [-0.1, -0.05) is 23.2 Å². The predicted octanol–water partition coefficient (Wildman–Crippen LogP) is 3.35. The second kappa shape index (κ2) is 11.2. The summed E-state index contributed by atoms with van der Waals surface area (Å²) < 4.78 is 11.0. The highest BCUT2D eigenvalue weighted by Crippen LogP contribution is 2.34. The SMILES string of the molecule is O=C1CC2CCOCCN2c2cc(Cl)cnc2N1.O=C1CC2CCOCCN2c2cc(Cl)cnc2N1. The largest absolute Gasteiger partial charge is 0.380 e. The van der Waals surface area contributed by atoms with Gasteiger partial charge in [-0.05, 0) is 25.0 Å². The first-order chi connectivity index (χ1) is 17.5. The molecule has 0 radical (unpaired) electrons. The molecular weight excluding hydrogens is 507 g/mol. The summed E-state index contributed by atoms with van der Waals surface area (Å²) in [5, 5.41) is 6.83. The molecule has 10 nitrogen and oxygen atoms in total. The first-order valence-corrected chi connectivity index (χ1v) is 12.8. The second-order valence-corrected chi connectivity index (χ2v) is 9.92. The molecule has 36 heavy (non-hydrogen) atoms. The summed E-state index contributed by atoms with van der Waals surface area (Å²) in [6, 6.07) is 4.03. The number of anilines is 4. The molecule has 0 spiro atoms. The molecule has 2 aromatic rings. The minimum atomic E-state index is 0.000437. The van der Waals surface area contributed by atoms with Crippen LogP contribution in [0.15, 0.2) is 24.5 Å². The first kappa shape index (κ1) is 25.0. The normalized spacial score (nSPS) is 23.5. The minimum Gasteiger partial charge on any atom is -0.380 e. The maximum Gasteiger partial charge on any atom is 0.227 e. The summed E-state index contributed by atoms with van der Waals surface area (Å²) in [5.74, 6) is 1.18. The van der Waals surface area contributed by atoms with E-state index in [1.54, 1.807) is 12.4 Å². The highest BCUT2D eigenvalue weighted by atomic mass is 35.5. The van der Waals surface area contributed by atoms with Crippen molar-refractivity contribution in [2.45, 2.75) is 37.8 Å². The number of fused-ring (bicyclic) bond motifs is 6. The lowest BCUT2D eigenvalue weighted by Gasteiger charge is -2.29. The molecule has 2 atom stereocenters. The Kier molecular flexibility index (Phi) is 7.76. The van der Waals surface area contributed by atoms with Crippen molar-refractivity contribution >= 4 is 58.0 Å². The van der Waals surface area contributed by atoms with Crippen LogP contribution in [0.2, 0.25) is 10.0 Å². The van der Waals surface area contributed by atoms with Crippen LogP contribution >= 0.6 is 23.2 Å². The van der Waals surface area contributed by atoms with Crippen LogP contribution in [-0.2, 0) is 19.1 Å². The molecule has 4 aliphatic heterocycles. The van der Waals surface area contributed by atoms with E-state index in [9.17, 15) is 9.59 Å². The number of aromatic nitrogens is 2. The zero-order chi connectivity index (χ0) is 25.1. The van der Waals surface area contributed by atoms with Crippen LogP contribution in [0.25, 0.3) is 0 Å². The number of amides is 2. The molecule has 2 N–H and O–H groups in total. The van der Waals surface area contributed by atoms with Gasteiger partial charge in [0.05, 0.1) is 34.6 Å². The van der Waals surface area contributed by atoms with E-state index in [0.717, 1.165) is 37.3 Å². The van der Waals surface area contributed by atoms with Crippen LogP contribution in [0.3, 0.4) is 0 Å². The van der Waals surface area contributed by atoms with Crippen LogP contribution in [-0.4, -0.2) is 73.4 Å². The molecule has 0 aliphatic carbocycles. The van der Waals surface area contributed by atoms with E-state index < -0.39 is 0 Å². The maximum atomic E-state index is 11.8. The van der Waals surface area contributed by atoms with Gasteiger partial charge in [0.25, 0.3) is 0 Å². The lowest BCUT2D eigenvalue weighted by molar-refractivity contribution is -0.117. The van der Waals surface area contributed by atoms with Crippen LogP contribution in [0.5, 0.6) is 0 Å². The molecule has 192 valence electrons. The standard InChI is InChI=1S/2C12H14ClN3O2/c2*13-8-5-10-12(14-7-8)15-11(17)6-9-1-3-18-4-2-16(9)10/h2*5,7,9H,1-4,6H2,(H,14,15,17). The number of carbonyl (C=O) groups is 2. The molecule has 6 rings (SSSR count). The molecule has 2 aromatic heterocycles. The maximum absolute atomic E-state index is 11.8. The van der Waals surface area contributed by atoms with E-state index in [1.807, 2.05) is 12.1 Å². The third kappa shape index (κ3) is 5.67. The number of carbonyl (C=O) groups excluding carboxylic acids is 2. The van der Waals surface area contributed by atoms with Gasteiger partial charge in [-0.15, -0.1) is 0 Å². The Morgan fingerprint density at radius 3 is 1.64 bits per heavy atom. The van der Waals surface area contributed by atoms with Gasteiger partial charge in [-0.3, -0.25) is 9.59 Å². The Bertz CT molecular complexity index is 1050. The Balaban J connectivity index is 0.000000148. The summed E-state index contributed by atoms with van der Waals surface area (Å²) >= 11 is 12.0. The quantitative estimate of drug-likeness (QED) is 0.529. The van der Waals surface area contributed by atoms with Crippen molar-refractivity contribution in [2.24, 2.45) is 0 Å². The van der Waals surface area contributed by atoms with Crippen molar-refractivity contribution in [3.8, 4) is 0 Å².